The minimum atomic E-state index is -0.476. The molecular formula is C29H23FN2O. The van der Waals surface area contributed by atoms with Crippen molar-refractivity contribution in [3.05, 3.63) is 118 Å². The molecule has 162 valence electrons. The quantitative estimate of drug-likeness (QED) is 0.280. The molecule has 0 radical (unpaired) electrons. The van der Waals surface area contributed by atoms with E-state index >= 15 is 0 Å². The molecular weight excluding hydrogens is 411 g/mol. The van der Waals surface area contributed by atoms with Crippen LogP contribution >= 0.6 is 0 Å². The van der Waals surface area contributed by atoms with Gasteiger partial charge in [-0.2, -0.15) is 5.26 Å². The Morgan fingerprint density at radius 3 is 2.52 bits per heavy atom. The number of benzene rings is 4. The van der Waals surface area contributed by atoms with Crippen LogP contribution in [0.5, 0.6) is 0 Å². The maximum Gasteiger partial charge on any atom is 0.266 e. The second-order valence-electron chi connectivity index (χ2n) is 8.07. The zero-order valence-electron chi connectivity index (χ0n) is 18.5. The van der Waals surface area contributed by atoms with Crippen molar-refractivity contribution in [2.45, 2.75) is 20.3 Å². The lowest BCUT2D eigenvalue weighted by Crippen LogP contribution is -2.14. The zero-order valence-corrected chi connectivity index (χ0v) is 18.5. The average molecular weight is 435 g/mol. The monoisotopic (exact) mass is 434 g/mol. The average Bonchev–Trinajstić information content (AvgIpc) is 2.82. The molecule has 0 fully saturated rings. The summed E-state index contributed by atoms with van der Waals surface area (Å²) in [5, 5.41) is 14.6. The highest BCUT2D eigenvalue weighted by Gasteiger charge is 2.15. The maximum atomic E-state index is 14.4. The second-order valence-corrected chi connectivity index (χ2v) is 8.07. The van der Waals surface area contributed by atoms with E-state index in [2.05, 4.69) is 5.32 Å². The molecule has 0 unspecified atom stereocenters. The molecule has 0 heterocycles. The minimum Gasteiger partial charge on any atom is -0.321 e. The lowest BCUT2D eigenvalue weighted by Gasteiger charge is -2.13. The van der Waals surface area contributed by atoms with Gasteiger partial charge in [-0.15, -0.1) is 0 Å². The Balaban J connectivity index is 1.79. The third kappa shape index (κ3) is 4.83. The first-order valence-corrected chi connectivity index (χ1v) is 10.7. The smallest absolute Gasteiger partial charge is 0.266 e. The first-order chi connectivity index (χ1) is 16.0. The number of carbonyl (C=O) groups is 1. The molecule has 0 saturated carbocycles. The second kappa shape index (κ2) is 9.50. The van der Waals surface area contributed by atoms with E-state index in [0.717, 1.165) is 33.0 Å². The van der Waals surface area contributed by atoms with Gasteiger partial charge < -0.3 is 5.32 Å². The summed E-state index contributed by atoms with van der Waals surface area (Å²) < 4.78 is 14.4. The number of anilines is 1. The Bertz CT molecular complexity index is 1430. The molecule has 0 aliphatic heterocycles. The SMILES string of the molecule is Cc1ccc(C)c(NC(=O)/C(C#N)=C/c2c(Cc3ccccc3F)ccc3ccccc23)c1. The van der Waals surface area contributed by atoms with Crippen molar-refractivity contribution in [3.63, 3.8) is 0 Å². The number of nitrogens with zero attached hydrogens (tertiary/aromatic N) is 1. The van der Waals surface area contributed by atoms with Crippen molar-refractivity contribution in [3.8, 4) is 6.07 Å². The van der Waals surface area contributed by atoms with Gasteiger partial charge in [0, 0.05) is 12.1 Å². The summed E-state index contributed by atoms with van der Waals surface area (Å²) in [4.78, 5) is 13.0. The van der Waals surface area contributed by atoms with E-state index in [0.29, 0.717) is 17.7 Å². The van der Waals surface area contributed by atoms with Crippen molar-refractivity contribution in [2.24, 2.45) is 0 Å². The topological polar surface area (TPSA) is 52.9 Å². The normalized spacial score (nSPS) is 11.3. The fourth-order valence-corrected chi connectivity index (χ4v) is 3.87. The van der Waals surface area contributed by atoms with Crippen molar-refractivity contribution in [2.75, 3.05) is 5.32 Å². The highest BCUT2D eigenvalue weighted by atomic mass is 19.1. The van der Waals surface area contributed by atoms with Gasteiger partial charge in [0.25, 0.3) is 5.91 Å². The van der Waals surface area contributed by atoms with Crippen LogP contribution in [0, 0.1) is 31.0 Å². The molecule has 0 aliphatic rings. The van der Waals surface area contributed by atoms with Crippen LogP contribution in [0.4, 0.5) is 10.1 Å². The van der Waals surface area contributed by atoms with Crippen LogP contribution in [0.2, 0.25) is 0 Å². The molecule has 0 bridgehead atoms. The summed E-state index contributed by atoms with van der Waals surface area (Å²) in [6, 6.07) is 26.1. The van der Waals surface area contributed by atoms with E-state index in [1.54, 1.807) is 24.3 Å². The molecule has 4 aromatic carbocycles. The Labute approximate surface area is 192 Å². The van der Waals surface area contributed by atoms with Gasteiger partial charge in [-0.3, -0.25) is 4.79 Å². The number of carbonyl (C=O) groups excluding carboxylic acids is 1. The highest BCUT2D eigenvalue weighted by molar-refractivity contribution is 6.11. The van der Waals surface area contributed by atoms with Crippen molar-refractivity contribution in [1.29, 1.82) is 5.26 Å². The van der Waals surface area contributed by atoms with Crippen LogP contribution in [0.3, 0.4) is 0 Å². The van der Waals surface area contributed by atoms with Crippen LogP contribution in [-0.2, 0) is 11.2 Å². The van der Waals surface area contributed by atoms with Crippen LogP contribution in [0.15, 0.2) is 84.4 Å². The van der Waals surface area contributed by atoms with E-state index in [-0.39, 0.29) is 11.4 Å². The first kappa shape index (κ1) is 22.0. The molecule has 1 amide bonds. The van der Waals surface area contributed by atoms with Gasteiger partial charge in [0.05, 0.1) is 0 Å². The summed E-state index contributed by atoms with van der Waals surface area (Å²) in [7, 11) is 0. The standard InChI is InChI=1S/C29H23FN2O/c1-19-11-12-20(2)28(15-19)32-29(33)24(18-31)17-26-22(16-23-8-4-6-10-27(23)30)14-13-21-7-3-5-9-25(21)26/h3-15,17H,16H2,1-2H3,(H,32,33)/b24-17+. The molecule has 3 nitrogen and oxygen atoms in total. The molecule has 0 aromatic heterocycles. The fourth-order valence-electron chi connectivity index (χ4n) is 3.87. The molecule has 0 saturated heterocycles. The summed E-state index contributed by atoms with van der Waals surface area (Å²) >= 11 is 0. The summed E-state index contributed by atoms with van der Waals surface area (Å²) in [5.41, 5.74) is 4.72. The van der Waals surface area contributed by atoms with Crippen LogP contribution in [0.1, 0.15) is 27.8 Å². The maximum absolute atomic E-state index is 14.4. The van der Waals surface area contributed by atoms with E-state index in [4.69, 9.17) is 0 Å². The van der Waals surface area contributed by atoms with Gasteiger partial charge in [0.1, 0.15) is 17.5 Å². The highest BCUT2D eigenvalue weighted by Crippen LogP contribution is 2.28. The predicted octanol–water partition coefficient (Wildman–Crippen LogP) is 6.73. The van der Waals surface area contributed by atoms with E-state index in [1.165, 1.54) is 6.07 Å². The number of nitriles is 1. The lowest BCUT2D eigenvalue weighted by atomic mass is 9.93. The van der Waals surface area contributed by atoms with Crippen LogP contribution < -0.4 is 5.32 Å². The lowest BCUT2D eigenvalue weighted by molar-refractivity contribution is -0.112. The molecule has 4 rings (SSSR count). The third-order valence-electron chi connectivity index (χ3n) is 5.69. The number of rotatable bonds is 5. The number of fused-ring (bicyclic) bond motifs is 1. The van der Waals surface area contributed by atoms with Gasteiger partial charge in [0.15, 0.2) is 0 Å². The van der Waals surface area contributed by atoms with E-state index in [1.807, 2.05) is 74.5 Å². The summed E-state index contributed by atoms with van der Waals surface area (Å²) in [6.07, 6.45) is 1.96. The van der Waals surface area contributed by atoms with Gasteiger partial charge in [-0.25, -0.2) is 4.39 Å². The molecule has 0 spiro atoms. The van der Waals surface area contributed by atoms with Gasteiger partial charge >= 0.3 is 0 Å². The summed E-state index contributed by atoms with van der Waals surface area (Å²) in [6.45, 7) is 3.85. The summed E-state index contributed by atoms with van der Waals surface area (Å²) in [5.74, 6) is -0.760. The molecule has 0 atom stereocenters. The van der Waals surface area contributed by atoms with Crippen molar-refractivity contribution < 1.29 is 9.18 Å². The Hall–Kier alpha value is -4.23. The molecule has 4 heteroatoms. The largest absolute Gasteiger partial charge is 0.321 e. The van der Waals surface area contributed by atoms with E-state index < -0.39 is 5.91 Å². The number of hydrogen-bond donors (Lipinski definition) is 1. The number of amides is 1. The van der Waals surface area contributed by atoms with Crippen LogP contribution in [0.25, 0.3) is 16.8 Å². The Morgan fingerprint density at radius 1 is 0.970 bits per heavy atom. The molecule has 4 aromatic rings. The first-order valence-electron chi connectivity index (χ1n) is 10.7. The predicted molar refractivity (Wildman–Crippen MR) is 131 cm³/mol. The van der Waals surface area contributed by atoms with Crippen LogP contribution in [-0.4, -0.2) is 5.91 Å². The number of aryl methyl sites for hydroxylation is 2. The molecule has 0 aliphatic carbocycles. The Kier molecular flexibility index (Phi) is 6.33. The third-order valence-corrected chi connectivity index (χ3v) is 5.69. The number of hydrogen-bond acceptors (Lipinski definition) is 2. The number of nitrogens with one attached hydrogen (secondary N) is 1. The zero-order chi connectivity index (χ0) is 23.4. The molecule has 1 N–H and O–H groups in total. The van der Waals surface area contributed by atoms with Gasteiger partial charge in [-0.1, -0.05) is 66.7 Å². The van der Waals surface area contributed by atoms with Crippen molar-refractivity contribution in [1.82, 2.24) is 0 Å². The number of halogens is 1. The van der Waals surface area contributed by atoms with E-state index in [9.17, 15) is 14.4 Å². The Morgan fingerprint density at radius 2 is 1.73 bits per heavy atom. The minimum absolute atomic E-state index is 0.0120. The van der Waals surface area contributed by atoms with Crippen molar-refractivity contribution >= 4 is 28.4 Å². The fraction of sp³-hybridized carbons (Fsp3) is 0.103. The van der Waals surface area contributed by atoms with Gasteiger partial charge in [-0.05, 0) is 70.6 Å². The van der Waals surface area contributed by atoms with Gasteiger partial charge in [0.2, 0.25) is 0 Å². The molecule has 33 heavy (non-hydrogen) atoms.